The zero-order chi connectivity index (χ0) is 16.9. The van der Waals surface area contributed by atoms with Crippen LogP contribution in [0.4, 0.5) is 5.69 Å². The first-order valence-electron chi connectivity index (χ1n) is 7.55. The lowest BCUT2D eigenvalue weighted by Gasteiger charge is -2.15. The van der Waals surface area contributed by atoms with Crippen LogP contribution in [-0.2, 0) is 15.3 Å². The molecule has 126 valence electrons. The van der Waals surface area contributed by atoms with Gasteiger partial charge in [0.25, 0.3) is 0 Å². The molecule has 1 aliphatic rings. The number of thioether (sulfide) groups is 1. The zero-order valence-electron chi connectivity index (χ0n) is 12.9. The highest BCUT2D eigenvalue weighted by Crippen LogP contribution is 2.26. The number of halogens is 1. The maximum atomic E-state index is 11.9. The second-order valence-corrected chi connectivity index (χ2v) is 8.10. The summed E-state index contributed by atoms with van der Waals surface area (Å²) >= 11 is 8.88. The van der Waals surface area contributed by atoms with Crippen molar-refractivity contribution in [1.82, 2.24) is 0 Å². The quantitative estimate of drug-likeness (QED) is 0.550. The largest absolute Gasteiger partial charge is 0.426 e. The van der Waals surface area contributed by atoms with Crippen LogP contribution in [0.25, 0.3) is 0 Å². The van der Waals surface area contributed by atoms with Gasteiger partial charge in [-0.05, 0) is 42.8 Å². The molecule has 3 rings (SSSR count). The van der Waals surface area contributed by atoms with Gasteiger partial charge in [-0.2, -0.15) is 0 Å². The number of hydrogen-bond donors (Lipinski definition) is 0. The maximum Gasteiger partial charge on any atom is 0.321 e. The highest BCUT2D eigenvalue weighted by Gasteiger charge is 2.21. The van der Waals surface area contributed by atoms with E-state index in [-0.39, 0.29) is 17.6 Å². The number of amides is 1. The van der Waals surface area contributed by atoms with E-state index in [4.69, 9.17) is 16.3 Å². The Kier molecular flexibility index (Phi) is 5.81. The molecule has 0 aliphatic carbocycles. The number of ether oxygens (including phenoxy) is 1. The fourth-order valence-electron chi connectivity index (χ4n) is 2.44. The van der Waals surface area contributed by atoms with Crippen LogP contribution < -0.4 is 9.64 Å². The van der Waals surface area contributed by atoms with E-state index in [0.717, 1.165) is 33.6 Å². The van der Waals surface area contributed by atoms with Crippen molar-refractivity contribution in [1.29, 1.82) is 0 Å². The van der Waals surface area contributed by atoms with E-state index < -0.39 is 0 Å². The molecule has 7 heteroatoms. The molecule has 1 aromatic carbocycles. The smallest absolute Gasteiger partial charge is 0.321 e. The van der Waals surface area contributed by atoms with Crippen molar-refractivity contribution in [2.75, 3.05) is 17.2 Å². The van der Waals surface area contributed by atoms with Crippen molar-refractivity contribution in [3.8, 4) is 5.75 Å². The second kappa shape index (κ2) is 8.05. The van der Waals surface area contributed by atoms with Gasteiger partial charge >= 0.3 is 5.97 Å². The molecule has 4 nitrogen and oxygen atoms in total. The van der Waals surface area contributed by atoms with Crippen molar-refractivity contribution in [3.05, 3.63) is 45.6 Å². The van der Waals surface area contributed by atoms with Crippen molar-refractivity contribution >= 4 is 52.3 Å². The molecule has 1 aliphatic heterocycles. The zero-order valence-corrected chi connectivity index (χ0v) is 15.3. The number of esters is 1. The fraction of sp³-hybridized carbons (Fsp3) is 0.294. The summed E-state index contributed by atoms with van der Waals surface area (Å²) in [6.07, 6.45) is 1.49. The summed E-state index contributed by atoms with van der Waals surface area (Å²) in [5.41, 5.74) is 0.848. The van der Waals surface area contributed by atoms with Crippen LogP contribution in [0, 0.1) is 0 Å². The van der Waals surface area contributed by atoms with Crippen molar-refractivity contribution in [2.45, 2.75) is 18.6 Å². The van der Waals surface area contributed by atoms with Crippen molar-refractivity contribution in [3.63, 3.8) is 0 Å². The van der Waals surface area contributed by atoms with Gasteiger partial charge in [-0.3, -0.25) is 9.59 Å². The lowest BCUT2D eigenvalue weighted by molar-refractivity contribution is -0.131. The van der Waals surface area contributed by atoms with Crippen LogP contribution in [0.1, 0.15) is 17.7 Å². The molecule has 0 unspecified atom stereocenters. The molecule has 0 saturated carbocycles. The molecule has 24 heavy (non-hydrogen) atoms. The standard InChI is InChI=1S/C17H16ClNO3S2/c18-15-8-7-14(24-15)10-23-11-17(21)22-13-5-3-12(4-6-13)19-9-1-2-16(19)20/h3-8H,1-2,9-11H2. The molecule has 2 heterocycles. The SMILES string of the molecule is O=C(CSCc1ccc(Cl)s1)Oc1ccc(N2CCCC2=O)cc1. The third-order valence-corrected chi connectivity index (χ3v) is 5.92. The Hall–Kier alpha value is -1.50. The van der Waals surface area contributed by atoms with Crippen LogP contribution in [0.15, 0.2) is 36.4 Å². The number of thiophene rings is 1. The van der Waals surface area contributed by atoms with E-state index >= 15 is 0 Å². The Labute approximate surface area is 153 Å². The molecule has 0 spiro atoms. The van der Waals surface area contributed by atoms with Crippen LogP contribution in [0.5, 0.6) is 5.75 Å². The summed E-state index contributed by atoms with van der Waals surface area (Å²) in [4.78, 5) is 26.5. The van der Waals surface area contributed by atoms with E-state index in [1.807, 2.05) is 24.3 Å². The first-order valence-corrected chi connectivity index (χ1v) is 9.90. The van der Waals surface area contributed by atoms with Gasteiger partial charge in [0.2, 0.25) is 5.91 Å². The van der Waals surface area contributed by atoms with Gasteiger partial charge in [-0.15, -0.1) is 23.1 Å². The third kappa shape index (κ3) is 4.53. The molecule has 1 fully saturated rings. The summed E-state index contributed by atoms with van der Waals surface area (Å²) < 4.78 is 6.07. The number of anilines is 1. The molecule has 2 aromatic rings. The molecule has 0 bridgehead atoms. The van der Waals surface area contributed by atoms with E-state index in [2.05, 4.69) is 0 Å². The summed E-state index contributed by atoms with van der Waals surface area (Å²) in [5, 5.41) is 0. The maximum absolute atomic E-state index is 11.9. The van der Waals surface area contributed by atoms with Gasteiger partial charge in [0, 0.05) is 29.3 Å². The van der Waals surface area contributed by atoms with E-state index in [9.17, 15) is 9.59 Å². The van der Waals surface area contributed by atoms with E-state index in [1.165, 1.54) is 23.1 Å². The predicted molar refractivity (Wildman–Crippen MR) is 99.2 cm³/mol. The molecule has 1 saturated heterocycles. The van der Waals surface area contributed by atoms with Gasteiger partial charge in [0.1, 0.15) is 5.75 Å². The number of benzene rings is 1. The lowest BCUT2D eigenvalue weighted by Crippen LogP contribution is -2.23. The third-order valence-electron chi connectivity index (χ3n) is 3.55. The highest BCUT2D eigenvalue weighted by molar-refractivity contribution is 7.99. The first kappa shape index (κ1) is 17.3. The minimum absolute atomic E-state index is 0.143. The topological polar surface area (TPSA) is 46.6 Å². The van der Waals surface area contributed by atoms with Crippen molar-refractivity contribution in [2.24, 2.45) is 0 Å². The van der Waals surface area contributed by atoms with Crippen LogP contribution in [0.2, 0.25) is 4.34 Å². The summed E-state index contributed by atoms with van der Waals surface area (Å²) in [7, 11) is 0. The normalized spacial score (nSPS) is 14.2. The molecule has 0 atom stereocenters. The predicted octanol–water partition coefficient (Wildman–Crippen LogP) is 4.37. The molecule has 0 radical (unpaired) electrons. The molecular formula is C17H16ClNO3S2. The molecule has 0 N–H and O–H groups in total. The number of carbonyl (C=O) groups excluding carboxylic acids is 2. The molecular weight excluding hydrogens is 366 g/mol. The Morgan fingerprint density at radius 2 is 2.04 bits per heavy atom. The minimum Gasteiger partial charge on any atom is -0.426 e. The number of nitrogens with zero attached hydrogens (tertiary/aromatic N) is 1. The summed E-state index contributed by atoms with van der Waals surface area (Å²) in [6.45, 7) is 0.751. The monoisotopic (exact) mass is 381 g/mol. The number of hydrogen-bond acceptors (Lipinski definition) is 5. The van der Waals surface area contributed by atoms with E-state index in [0.29, 0.717) is 12.2 Å². The van der Waals surface area contributed by atoms with Crippen LogP contribution in [0.3, 0.4) is 0 Å². The second-order valence-electron chi connectivity index (χ2n) is 5.32. The summed E-state index contributed by atoms with van der Waals surface area (Å²) in [6, 6.07) is 10.9. The average molecular weight is 382 g/mol. The Morgan fingerprint density at radius 1 is 1.25 bits per heavy atom. The Balaban J connectivity index is 1.46. The van der Waals surface area contributed by atoms with Gasteiger partial charge in [0.05, 0.1) is 10.1 Å². The number of rotatable bonds is 6. The minimum atomic E-state index is -0.285. The molecule has 1 aromatic heterocycles. The van der Waals surface area contributed by atoms with E-state index in [1.54, 1.807) is 17.0 Å². The average Bonchev–Trinajstić information content (AvgIpc) is 3.17. The van der Waals surface area contributed by atoms with Gasteiger partial charge in [-0.25, -0.2) is 0 Å². The van der Waals surface area contributed by atoms with Gasteiger partial charge < -0.3 is 9.64 Å². The molecule has 1 amide bonds. The van der Waals surface area contributed by atoms with Crippen LogP contribution in [-0.4, -0.2) is 24.2 Å². The van der Waals surface area contributed by atoms with Gasteiger partial charge in [0.15, 0.2) is 0 Å². The number of carbonyl (C=O) groups is 2. The van der Waals surface area contributed by atoms with Crippen molar-refractivity contribution < 1.29 is 14.3 Å². The first-order chi connectivity index (χ1) is 11.6. The Bertz CT molecular complexity index is 730. The Morgan fingerprint density at radius 3 is 2.67 bits per heavy atom. The lowest BCUT2D eigenvalue weighted by atomic mass is 10.3. The van der Waals surface area contributed by atoms with Gasteiger partial charge in [-0.1, -0.05) is 11.6 Å². The van der Waals surface area contributed by atoms with Crippen LogP contribution >= 0.6 is 34.7 Å². The summed E-state index contributed by atoms with van der Waals surface area (Å²) in [5.74, 6) is 1.37. The fourth-order valence-corrected chi connectivity index (χ4v) is 4.43. The highest BCUT2D eigenvalue weighted by atomic mass is 35.5.